The van der Waals surface area contributed by atoms with Crippen molar-refractivity contribution < 1.29 is 9.21 Å². The number of amides is 1. The van der Waals surface area contributed by atoms with Gasteiger partial charge in [-0.25, -0.2) is 0 Å². The van der Waals surface area contributed by atoms with Crippen molar-refractivity contribution in [3.05, 3.63) is 23.7 Å². The number of nitrogens with zero attached hydrogens (tertiary/aromatic N) is 1. The summed E-state index contributed by atoms with van der Waals surface area (Å²) in [7, 11) is 1.98. The lowest BCUT2D eigenvalue weighted by atomic mass is 9.96. The minimum atomic E-state index is 0.0374. The van der Waals surface area contributed by atoms with E-state index in [1.807, 2.05) is 24.9 Å². The highest BCUT2D eigenvalue weighted by molar-refractivity contribution is 5.92. The van der Waals surface area contributed by atoms with E-state index in [1.165, 1.54) is 0 Å². The average Bonchev–Trinajstić information content (AvgIpc) is 2.76. The topological polar surface area (TPSA) is 45.5 Å². The molecule has 0 aromatic carbocycles. The molecule has 1 aromatic heterocycles. The van der Waals surface area contributed by atoms with Gasteiger partial charge in [0, 0.05) is 18.7 Å². The van der Waals surface area contributed by atoms with Crippen molar-refractivity contribution in [2.75, 3.05) is 26.7 Å². The Balaban J connectivity index is 1.93. The van der Waals surface area contributed by atoms with E-state index in [0.717, 1.165) is 38.0 Å². The Morgan fingerprint density at radius 1 is 1.53 bits per heavy atom. The summed E-state index contributed by atoms with van der Waals surface area (Å²) in [5.74, 6) is 1.23. The molecule has 1 N–H and O–H groups in total. The van der Waals surface area contributed by atoms with Crippen LogP contribution in [0.25, 0.3) is 0 Å². The van der Waals surface area contributed by atoms with Crippen molar-refractivity contribution >= 4 is 5.91 Å². The van der Waals surface area contributed by atoms with E-state index in [0.29, 0.717) is 11.7 Å². The number of rotatable bonds is 3. The van der Waals surface area contributed by atoms with Crippen LogP contribution in [0.3, 0.4) is 0 Å². The molecule has 2 rings (SSSR count). The van der Waals surface area contributed by atoms with Crippen LogP contribution in [0.4, 0.5) is 0 Å². The van der Waals surface area contributed by atoms with E-state index in [2.05, 4.69) is 5.32 Å². The second-order valence-corrected chi connectivity index (χ2v) is 4.73. The Morgan fingerprint density at radius 2 is 2.24 bits per heavy atom. The minimum absolute atomic E-state index is 0.0374. The molecular weight excluding hydrogens is 216 g/mol. The predicted octanol–water partition coefficient (Wildman–Crippen LogP) is 1.66. The summed E-state index contributed by atoms with van der Waals surface area (Å²) < 4.78 is 5.25. The monoisotopic (exact) mass is 236 g/mol. The Hall–Kier alpha value is -1.29. The fourth-order valence-electron chi connectivity index (χ4n) is 2.36. The van der Waals surface area contributed by atoms with E-state index in [-0.39, 0.29) is 5.91 Å². The standard InChI is InChI=1S/C13H20N2O2/c1-10-5-8-17-12(10)13(16)15-6-3-11(4-7-15)9-14-2/h5,8,11,14H,3-4,6-7,9H2,1-2H3. The molecule has 1 fully saturated rings. The summed E-state index contributed by atoms with van der Waals surface area (Å²) in [6.07, 6.45) is 3.73. The van der Waals surface area contributed by atoms with Crippen LogP contribution in [0.5, 0.6) is 0 Å². The van der Waals surface area contributed by atoms with Gasteiger partial charge in [0.1, 0.15) is 0 Å². The largest absolute Gasteiger partial charge is 0.459 e. The maximum atomic E-state index is 12.2. The fourth-order valence-corrected chi connectivity index (χ4v) is 2.36. The van der Waals surface area contributed by atoms with E-state index < -0.39 is 0 Å². The van der Waals surface area contributed by atoms with Gasteiger partial charge in [-0.2, -0.15) is 0 Å². The molecule has 4 heteroatoms. The molecule has 0 unspecified atom stereocenters. The molecule has 17 heavy (non-hydrogen) atoms. The van der Waals surface area contributed by atoms with Crippen LogP contribution in [0.1, 0.15) is 29.0 Å². The molecule has 4 nitrogen and oxygen atoms in total. The number of piperidine rings is 1. The lowest BCUT2D eigenvalue weighted by Gasteiger charge is -2.31. The van der Waals surface area contributed by atoms with Gasteiger partial charge in [0.05, 0.1) is 6.26 Å². The van der Waals surface area contributed by atoms with Crippen LogP contribution in [0, 0.1) is 12.8 Å². The summed E-state index contributed by atoms with van der Waals surface area (Å²) in [6, 6.07) is 1.83. The number of aryl methyl sites for hydroxylation is 1. The zero-order chi connectivity index (χ0) is 12.3. The van der Waals surface area contributed by atoms with Gasteiger partial charge in [0.15, 0.2) is 5.76 Å². The zero-order valence-corrected chi connectivity index (χ0v) is 10.5. The quantitative estimate of drug-likeness (QED) is 0.868. The maximum absolute atomic E-state index is 12.2. The first-order valence-corrected chi connectivity index (χ1v) is 6.20. The van der Waals surface area contributed by atoms with E-state index in [9.17, 15) is 4.79 Å². The molecule has 0 bridgehead atoms. The van der Waals surface area contributed by atoms with E-state index in [1.54, 1.807) is 6.26 Å². The molecule has 0 aliphatic carbocycles. The molecule has 1 saturated heterocycles. The molecular formula is C13H20N2O2. The van der Waals surface area contributed by atoms with Crippen LogP contribution in [0.15, 0.2) is 16.7 Å². The first-order chi connectivity index (χ1) is 8.22. The summed E-state index contributed by atoms with van der Waals surface area (Å²) in [5, 5.41) is 3.20. The molecule has 1 aromatic rings. The van der Waals surface area contributed by atoms with Gasteiger partial charge in [-0.3, -0.25) is 4.79 Å². The first kappa shape index (κ1) is 12.2. The first-order valence-electron chi connectivity index (χ1n) is 6.20. The molecule has 94 valence electrons. The highest BCUT2D eigenvalue weighted by Gasteiger charge is 2.25. The average molecular weight is 236 g/mol. The number of hydrogen-bond donors (Lipinski definition) is 1. The summed E-state index contributed by atoms with van der Waals surface area (Å²) in [6.45, 7) is 4.63. The van der Waals surface area contributed by atoms with Gasteiger partial charge >= 0.3 is 0 Å². The number of carbonyl (C=O) groups excluding carboxylic acids is 1. The van der Waals surface area contributed by atoms with Gasteiger partial charge in [-0.1, -0.05) is 0 Å². The van der Waals surface area contributed by atoms with Crippen molar-refractivity contribution in [1.82, 2.24) is 10.2 Å². The fraction of sp³-hybridized carbons (Fsp3) is 0.615. The van der Waals surface area contributed by atoms with Gasteiger partial charge < -0.3 is 14.6 Å². The van der Waals surface area contributed by atoms with Crippen molar-refractivity contribution in [1.29, 1.82) is 0 Å². The van der Waals surface area contributed by atoms with Gasteiger partial charge in [-0.05, 0) is 45.3 Å². The Morgan fingerprint density at radius 3 is 2.76 bits per heavy atom. The predicted molar refractivity (Wildman–Crippen MR) is 66.0 cm³/mol. The van der Waals surface area contributed by atoms with Crippen LogP contribution < -0.4 is 5.32 Å². The smallest absolute Gasteiger partial charge is 0.289 e. The highest BCUT2D eigenvalue weighted by Crippen LogP contribution is 2.20. The lowest BCUT2D eigenvalue weighted by Crippen LogP contribution is -2.40. The van der Waals surface area contributed by atoms with Crippen molar-refractivity contribution in [3.63, 3.8) is 0 Å². The molecule has 0 spiro atoms. The van der Waals surface area contributed by atoms with Crippen molar-refractivity contribution in [2.24, 2.45) is 5.92 Å². The Bertz CT molecular complexity index is 379. The van der Waals surface area contributed by atoms with Gasteiger partial charge in [0.25, 0.3) is 5.91 Å². The SMILES string of the molecule is CNCC1CCN(C(=O)c2occc2C)CC1. The van der Waals surface area contributed by atoms with Crippen LogP contribution in [-0.4, -0.2) is 37.5 Å². The van der Waals surface area contributed by atoms with E-state index in [4.69, 9.17) is 4.42 Å². The molecule has 0 atom stereocenters. The lowest BCUT2D eigenvalue weighted by molar-refractivity contribution is 0.0658. The second kappa shape index (κ2) is 5.36. The Labute approximate surface area is 102 Å². The minimum Gasteiger partial charge on any atom is -0.459 e. The highest BCUT2D eigenvalue weighted by atomic mass is 16.3. The Kier molecular flexibility index (Phi) is 3.84. The number of hydrogen-bond acceptors (Lipinski definition) is 3. The summed E-state index contributed by atoms with van der Waals surface area (Å²) >= 11 is 0. The normalized spacial score (nSPS) is 17.4. The van der Waals surface area contributed by atoms with Gasteiger partial charge in [-0.15, -0.1) is 0 Å². The van der Waals surface area contributed by atoms with Gasteiger partial charge in [0.2, 0.25) is 0 Å². The molecule has 0 saturated carbocycles. The number of furan rings is 1. The maximum Gasteiger partial charge on any atom is 0.289 e. The second-order valence-electron chi connectivity index (χ2n) is 4.73. The molecule has 2 heterocycles. The number of nitrogens with one attached hydrogen (secondary N) is 1. The summed E-state index contributed by atoms with van der Waals surface area (Å²) in [4.78, 5) is 14.1. The van der Waals surface area contributed by atoms with Crippen molar-refractivity contribution in [2.45, 2.75) is 19.8 Å². The third-order valence-electron chi connectivity index (χ3n) is 3.45. The molecule has 0 radical (unpaired) electrons. The van der Waals surface area contributed by atoms with Crippen LogP contribution in [-0.2, 0) is 0 Å². The molecule has 1 aliphatic heterocycles. The van der Waals surface area contributed by atoms with E-state index >= 15 is 0 Å². The van der Waals surface area contributed by atoms with Crippen LogP contribution in [0.2, 0.25) is 0 Å². The number of carbonyl (C=O) groups is 1. The molecule has 1 amide bonds. The summed E-state index contributed by atoms with van der Waals surface area (Å²) in [5.41, 5.74) is 0.923. The third-order valence-corrected chi connectivity index (χ3v) is 3.45. The third kappa shape index (κ3) is 2.69. The zero-order valence-electron chi connectivity index (χ0n) is 10.5. The van der Waals surface area contributed by atoms with Crippen molar-refractivity contribution in [3.8, 4) is 0 Å². The number of likely N-dealkylation sites (tertiary alicyclic amines) is 1. The molecule has 1 aliphatic rings. The van der Waals surface area contributed by atoms with Crippen LogP contribution >= 0.6 is 0 Å².